The first kappa shape index (κ1) is 16.7. The largest absolute Gasteiger partial charge is 0.444 e. The predicted octanol–water partition coefficient (Wildman–Crippen LogP) is 2.18. The highest BCUT2D eigenvalue weighted by Crippen LogP contribution is 2.18. The average Bonchev–Trinajstić information content (AvgIpc) is 3.08. The van der Waals surface area contributed by atoms with Gasteiger partial charge in [0.15, 0.2) is 12.2 Å². The smallest absolute Gasteiger partial charge is 0.251 e. The van der Waals surface area contributed by atoms with Crippen molar-refractivity contribution < 1.29 is 13.9 Å². The molecule has 1 aliphatic heterocycles. The number of hydrogen-bond donors (Lipinski definition) is 1. The van der Waals surface area contributed by atoms with Crippen LogP contribution in [-0.4, -0.2) is 54.2 Å². The molecule has 0 bridgehead atoms. The van der Waals surface area contributed by atoms with E-state index in [4.69, 9.17) is 9.15 Å². The van der Waals surface area contributed by atoms with Crippen LogP contribution >= 0.6 is 0 Å². The first-order chi connectivity index (χ1) is 11.6. The molecule has 1 aromatic heterocycles. The summed E-state index contributed by atoms with van der Waals surface area (Å²) in [6.45, 7) is 7.44. The summed E-state index contributed by atoms with van der Waals surface area (Å²) < 4.78 is 11.0. The first-order valence-corrected chi connectivity index (χ1v) is 8.27. The Morgan fingerprint density at radius 3 is 2.58 bits per heavy atom. The number of carbonyl (C=O) groups is 1. The number of aromatic nitrogens is 1. The lowest BCUT2D eigenvalue weighted by Crippen LogP contribution is -2.47. The topological polar surface area (TPSA) is 67.6 Å². The Kier molecular flexibility index (Phi) is 5.27. The van der Waals surface area contributed by atoms with Crippen LogP contribution < -0.4 is 5.32 Å². The summed E-state index contributed by atoms with van der Waals surface area (Å²) in [4.78, 5) is 18.4. The minimum atomic E-state index is -0.0616. The van der Waals surface area contributed by atoms with Crippen molar-refractivity contribution in [3.05, 3.63) is 42.4 Å². The van der Waals surface area contributed by atoms with Crippen molar-refractivity contribution in [3.8, 4) is 11.3 Å². The van der Waals surface area contributed by atoms with Crippen LogP contribution in [0, 0.1) is 0 Å². The van der Waals surface area contributed by atoms with Gasteiger partial charge in [0.1, 0.15) is 0 Å². The van der Waals surface area contributed by atoms with E-state index in [0.717, 1.165) is 25.2 Å². The highest BCUT2D eigenvalue weighted by Gasteiger charge is 2.21. The molecule has 6 nitrogen and oxygen atoms in total. The Morgan fingerprint density at radius 1 is 1.25 bits per heavy atom. The van der Waals surface area contributed by atoms with E-state index in [2.05, 4.69) is 29.0 Å². The second-order valence-corrected chi connectivity index (χ2v) is 6.22. The van der Waals surface area contributed by atoms with Gasteiger partial charge >= 0.3 is 0 Å². The number of rotatable bonds is 5. The number of amides is 1. The van der Waals surface area contributed by atoms with Crippen molar-refractivity contribution in [2.24, 2.45) is 0 Å². The molecule has 0 saturated carbocycles. The summed E-state index contributed by atoms with van der Waals surface area (Å²) >= 11 is 0. The summed E-state index contributed by atoms with van der Waals surface area (Å²) in [7, 11) is 0. The molecule has 6 heteroatoms. The van der Waals surface area contributed by atoms with E-state index in [1.807, 2.05) is 12.1 Å². The van der Waals surface area contributed by atoms with E-state index >= 15 is 0 Å². The molecule has 0 unspecified atom stereocenters. The third-order valence-electron chi connectivity index (χ3n) is 4.07. The van der Waals surface area contributed by atoms with Crippen LogP contribution in [0.5, 0.6) is 0 Å². The summed E-state index contributed by atoms with van der Waals surface area (Å²) in [6.07, 6.45) is 3.53. The van der Waals surface area contributed by atoms with Crippen molar-refractivity contribution >= 4 is 5.91 Å². The SMILES string of the molecule is C[C@@H]1CN(CCNC(=O)c2ccc(-c3cnco3)cc2)C[C@H](C)O1. The van der Waals surface area contributed by atoms with E-state index in [-0.39, 0.29) is 18.1 Å². The molecule has 1 fully saturated rings. The molecule has 2 atom stereocenters. The van der Waals surface area contributed by atoms with Crippen molar-refractivity contribution in [2.75, 3.05) is 26.2 Å². The molecule has 1 amide bonds. The Bertz CT molecular complexity index is 645. The number of oxazole rings is 1. The molecule has 128 valence electrons. The van der Waals surface area contributed by atoms with Gasteiger partial charge in [-0.05, 0) is 26.0 Å². The summed E-state index contributed by atoms with van der Waals surface area (Å²) in [5, 5.41) is 2.97. The van der Waals surface area contributed by atoms with Gasteiger partial charge in [-0.2, -0.15) is 0 Å². The van der Waals surface area contributed by atoms with Gasteiger partial charge in [0.25, 0.3) is 5.91 Å². The maximum atomic E-state index is 12.2. The van der Waals surface area contributed by atoms with Gasteiger partial charge in [-0.3, -0.25) is 9.69 Å². The van der Waals surface area contributed by atoms with E-state index in [1.54, 1.807) is 18.3 Å². The lowest BCUT2D eigenvalue weighted by atomic mass is 10.1. The van der Waals surface area contributed by atoms with Gasteiger partial charge in [-0.15, -0.1) is 0 Å². The maximum absolute atomic E-state index is 12.2. The van der Waals surface area contributed by atoms with Crippen molar-refractivity contribution in [1.29, 1.82) is 0 Å². The molecular formula is C18H23N3O3. The summed E-state index contributed by atoms with van der Waals surface area (Å²) in [5.74, 6) is 0.631. The van der Waals surface area contributed by atoms with Gasteiger partial charge in [-0.1, -0.05) is 12.1 Å². The fourth-order valence-electron chi connectivity index (χ4n) is 3.04. The number of nitrogens with one attached hydrogen (secondary N) is 1. The van der Waals surface area contributed by atoms with Crippen molar-refractivity contribution in [2.45, 2.75) is 26.1 Å². The number of benzene rings is 1. The average molecular weight is 329 g/mol. The number of hydrogen-bond acceptors (Lipinski definition) is 5. The Balaban J connectivity index is 1.48. The van der Waals surface area contributed by atoms with Crippen LogP contribution in [0.4, 0.5) is 0 Å². The van der Waals surface area contributed by atoms with E-state index < -0.39 is 0 Å². The minimum absolute atomic E-state index is 0.0616. The quantitative estimate of drug-likeness (QED) is 0.911. The van der Waals surface area contributed by atoms with E-state index in [0.29, 0.717) is 17.9 Å². The van der Waals surface area contributed by atoms with Gasteiger partial charge < -0.3 is 14.5 Å². The van der Waals surface area contributed by atoms with E-state index in [1.165, 1.54) is 6.39 Å². The molecule has 24 heavy (non-hydrogen) atoms. The van der Waals surface area contributed by atoms with Crippen molar-refractivity contribution in [1.82, 2.24) is 15.2 Å². The zero-order chi connectivity index (χ0) is 16.9. The molecule has 0 aliphatic carbocycles. The maximum Gasteiger partial charge on any atom is 0.251 e. The standard InChI is InChI=1S/C18H23N3O3/c1-13-10-21(11-14(2)24-13)8-7-20-18(22)16-5-3-15(4-6-16)17-9-19-12-23-17/h3-6,9,12-14H,7-8,10-11H2,1-2H3,(H,20,22)/t13-,14+. The minimum Gasteiger partial charge on any atom is -0.444 e. The fraction of sp³-hybridized carbons (Fsp3) is 0.444. The van der Waals surface area contributed by atoms with Gasteiger partial charge in [0.05, 0.1) is 18.4 Å². The lowest BCUT2D eigenvalue weighted by molar-refractivity contribution is -0.0672. The van der Waals surface area contributed by atoms with Crippen LogP contribution in [0.3, 0.4) is 0 Å². The molecule has 0 spiro atoms. The highest BCUT2D eigenvalue weighted by atomic mass is 16.5. The summed E-state index contributed by atoms with van der Waals surface area (Å²) in [5.41, 5.74) is 1.54. The van der Waals surface area contributed by atoms with Crippen LogP contribution in [-0.2, 0) is 4.74 Å². The molecular weight excluding hydrogens is 306 g/mol. The molecule has 3 rings (SSSR count). The normalized spacial score (nSPS) is 21.6. The number of carbonyl (C=O) groups excluding carboxylic acids is 1. The zero-order valence-corrected chi connectivity index (χ0v) is 14.1. The third-order valence-corrected chi connectivity index (χ3v) is 4.07. The van der Waals surface area contributed by atoms with Crippen LogP contribution in [0.15, 0.2) is 41.3 Å². The second kappa shape index (κ2) is 7.59. The number of nitrogens with zero attached hydrogens (tertiary/aromatic N) is 2. The van der Waals surface area contributed by atoms with Crippen LogP contribution in [0.1, 0.15) is 24.2 Å². The van der Waals surface area contributed by atoms with Gasteiger partial charge in [-0.25, -0.2) is 4.98 Å². The Hall–Kier alpha value is -2.18. The second-order valence-electron chi connectivity index (χ2n) is 6.22. The van der Waals surface area contributed by atoms with E-state index in [9.17, 15) is 4.79 Å². The fourth-order valence-corrected chi connectivity index (χ4v) is 3.04. The monoisotopic (exact) mass is 329 g/mol. The Labute approximate surface area is 141 Å². The predicted molar refractivity (Wildman–Crippen MR) is 90.7 cm³/mol. The van der Waals surface area contributed by atoms with Crippen LogP contribution in [0.2, 0.25) is 0 Å². The molecule has 0 radical (unpaired) electrons. The van der Waals surface area contributed by atoms with Gasteiger partial charge in [0, 0.05) is 37.3 Å². The lowest BCUT2D eigenvalue weighted by Gasteiger charge is -2.35. The third kappa shape index (κ3) is 4.21. The van der Waals surface area contributed by atoms with Crippen molar-refractivity contribution in [3.63, 3.8) is 0 Å². The summed E-state index contributed by atoms with van der Waals surface area (Å²) in [6, 6.07) is 7.32. The first-order valence-electron chi connectivity index (χ1n) is 8.27. The molecule has 1 aliphatic rings. The number of morpholine rings is 1. The Morgan fingerprint density at radius 2 is 1.96 bits per heavy atom. The zero-order valence-electron chi connectivity index (χ0n) is 14.1. The molecule has 1 saturated heterocycles. The van der Waals surface area contributed by atoms with Crippen LogP contribution in [0.25, 0.3) is 11.3 Å². The highest BCUT2D eigenvalue weighted by molar-refractivity contribution is 5.94. The molecule has 1 aromatic carbocycles. The van der Waals surface area contributed by atoms with Gasteiger partial charge in [0.2, 0.25) is 0 Å². The molecule has 2 heterocycles. The molecule has 1 N–H and O–H groups in total. The molecule has 2 aromatic rings. The number of ether oxygens (including phenoxy) is 1.